The summed E-state index contributed by atoms with van der Waals surface area (Å²) in [6, 6.07) is 15.6. The molecule has 0 saturated heterocycles. The number of benzene rings is 4. The molecular weight excluding hydrogens is 613 g/mol. The minimum atomic E-state index is -4.76. The van der Waals surface area contributed by atoms with Gasteiger partial charge in [-0.25, -0.2) is 13.4 Å². The Labute approximate surface area is 286 Å². The molecule has 2 N–H and O–H groups in total. The van der Waals surface area contributed by atoms with Crippen LogP contribution in [0.15, 0.2) is 82.8 Å². The van der Waals surface area contributed by atoms with Crippen LogP contribution in [-0.2, 0) is 10.1 Å². The number of aryl methyl sites for hydroxylation is 6. The number of allylic oxidation sites excluding steroid dienone is 5. The van der Waals surface area contributed by atoms with E-state index in [4.69, 9.17) is 0 Å². The lowest BCUT2D eigenvalue weighted by Crippen LogP contribution is -2.67. The summed E-state index contributed by atoms with van der Waals surface area (Å²) < 4.78 is 38.0. The van der Waals surface area contributed by atoms with E-state index < -0.39 is 10.1 Å². The molecule has 0 fully saturated rings. The first-order valence-electron chi connectivity index (χ1n) is 16.3. The summed E-state index contributed by atoms with van der Waals surface area (Å²) in [6.45, 7) is 22.9. The van der Waals surface area contributed by atoms with Gasteiger partial charge in [0.25, 0.3) is 0 Å². The fourth-order valence-corrected chi connectivity index (χ4v) is 7.43. The van der Waals surface area contributed by atoms with E-state index in [2.05, 4.69) is 90.0 Å². The highest BCUT2D eigenvalue weighted by molar-refractivity contribution is 7.85. The lowest BCUT2D eigenvalue weighted by atomic mass is 9.88. The fraction of sp³-hybridized carbons (Fsp3) is 0.262. The Kier molecular flexibility index (Phi) is 9.55. The van der Waals surface area contributed by atoms with Gasteiger partial charge in [-0.3, -0.25) is 0 Å². The van der Waals surface area contributed by atoms with Crippen LogP contribution >= 0.6 is 0 Å². The zero-order valence-electron chi connectivity index (χ0n) is 30.0. The average Bonchev–Trinajstić information content (AvgIpc) is 3.01. The number of hydrogen-bond donors (Lipinski definition) is 2. The predicted molar refractivity (Wildman–Crippen MR) is 199 cm³/mol. The van der Waals surface area contributed by atoms with Crippen molar-refractivity contribution in [2.75, 3.05) is 5.32 Å². The third-order valence-electron chi connectivity index (χ3n) is 9.94. The topological polar surface area (TPSA) is 83.2 Å². The van der Waals surface area contributed by atoms with Crippen molar-refractivity contribution in [3.8, 4) is 0 Å². The van der Waals surface area contributed by atoms with Gasteiger partial charge in [0, 0.05) is 39.7 Å². The van der Waals surface area contributed by atoms with E-state index in [1.165, 1.54) is 50.6 Å². The van der Waals surface area contributed by atoms with Crippen molar-refractivity contribution in [1.29, 1.82) is 0 Å². The molecule has 0 unspecified atom stereocenters. The molecule has 0 amide bonds. The van der Waals surface area contributed by atoms with E-state index in [9.17, 15) is 13.0 Å². The van der Waals surface area contributed by atoms with Crippen LogP contribution in [0, 0.1) is 69.2 Å². The maximum Gasteiger partial charge on any atom is 0.210 e. The number of hydrogen-bond acceptors (Lipinski definition) is 4. The van der Waals surface area contributed by atoms with E-state index >= 15 is 0 Å². The molecule has 0 atom stereocenters. The Bertz CT molecular complexity index is 2230. The molecule has 0 saturated carbocycles. The standard InChI is InChI=1S/C42H46N2O3S/c1-23-12-15-36(39(18-23)48(45,46)47)40(34-13-16-37(26(4)21-34)43-41-28(6)19-24(2)30(8)32(41)10)35-14-17-38(27(5)22-35)44-42-29(7)20-25(3)31(9)33(42)11/h12-22,43H,1-11H3,(H,45,46,47). The maximum absolute atomic E-state index is 12.7. The molecule has 0 aromatic heterocycles. The average molecular weight is 659 g/mol. The summed E-state index contributed by atoms with van der Waals surface area (Å²) in [5.41, 5.74) is 19.3. The van der Waals surface area contributed by atoms with Crippen molar-refractivity contribution in [1.82, 2.24) is 0 Å². The van der Waals surface area contributed by atoms with Crippen molar-refractivity contribution < 1.29 is 18.0 Å². The Morgan fingerprint density at radius 1 is 0.667 bits per heavy atom. The van der Waals surface area contributed by atoms with Crippen LogP contribution in [0.5, 0.6) is 0 Å². The van der Waals surface area contributed by atoms with Crippen molar-refractivity contribution in [2.24, 2.45) is 0 Å². The van der Waals surface area contributed by atoms with Gasteiger partial charge >= 0.3 is 0 Å². The Morgan fingerprint density at radius 2 is 1.31 bits per heavy atom. The first kappa shape index (κ1) is 34.8. The minimum absolute atomic E-state index is 0.222. The molecule has 4 aromatic rings. The van der Waals surface area contributed by atoms with E-state index in [-0.39, 0.29) is 4.90 Å². The first-order valence-corrected chi connectivity index (χ1v) is 17.7. The van der Waals surface area contributed by atoms with E-state index in [1.54, 1.807) is 13.0 Å². The highest BCUT2D eigenvalue weighted by atomic mass is 32.2. The van der Waals surface area contributed by atoms with Gasteiger partial charge in [-0.05, 0) is 174 Å². The van der Waals surface area contributed by atoms with Gasteiger partial charge in [-0.1, -0.05) is 24.3 Å². The first-order chi connectivity index (χ1) is 22.5. The summed E-state index contributed by atoms with van der Waals surface area (Å²) in [6.07, 6.45) is 6.10. The monoisotopic (exact) mass is 658 g/mol. The molecular formula is C42H46N2O3S. The van der Waals surface area contributed by atoms with Crippen LogP contribution in [0.3, 0.4) is 0 Å². The second-order valence-electron chi connectivity index (χ2n) is 13.4. The largest absolute Gasteiger partial charge is 0.744 e. The summed E-state index contributed by atoms with van der Waals surface area (Å²) in [5.74, 6) is 0. The van der Waals surface area contributed by atoms with Crippen molar-refractivity contribution >= 4 is 38.5 Å². The van der Waals surface area contributed by atoms with Crippen LogP contribution in [0.2, 0.25) is 0 Å². The second-order valence-corrected chi connectivity index (χ2v) is 14.8. The summed E-state index contributed by atoms with van der Waals surface area (Å²) >= 11 is 0. The zero-order valence-corrected chi connectivity index (χ0v) is 30.8. The SMILES string of the molecule is CC1=CC(=C(c2ccc(Nc3c(C)cc(C)c(C)c3C)c(C)c2)c2ccc(C)cc2S(=O)(=O)[O-])C=CC1=[NH+]c1c(C)cc(C)c(C)c1C. The van der Waals surface area contributed by atoms with Crippen LogP contribution in [-0.4, -0.2) is 18.7 Å². The normalized spacial score (nSPS) is 15.2. The molecule has 4 aromatic carbocycles. The maximum atomic E-state index is 12.7. The second kappa shape index (κ2) is 13.2. The highest BCUT2D eigenvalue weighted by Gasteiger charge is 2.22. The summed E-state index contributed by atoms with van der Waals surface area (Å²) in [4.78, 5) is 3.44. The Balaban J connectivity index is 1.69. The Morgan fingerprint density at radius 3 is 1.94 bits per heavy atom. The quantitative estimate of drug-likeness (QED) is 0.203. The molecule has 248 valence electrons. The van der Waals surface area contributed by atoms with Crippen molar-refractivity contribution in [2.45, 2.75) is 81.1 Å². The molecule has 1 aliphatic rings. The van der Waals surface area contributed by atoms with Gasteiger partial charge in [0.2, 0.25) is 11.4 Å². The predicted octanol–water partition coefficient (Wildman–Crippen LogP) is 8.59. The van der Waals surface area contributed by atoms with Gasteiger partial charge in [0.15, 0.2) is 0 Å². The van der Waals surface area contributed by atoms with Crippen LogP contribution in [0.1, 0.15) is 73.7 Å². The summed E-state index contributed by atoms with van der Waals surface area (Å²) in [5, 5.41) is 3.66. The number of nitrogens with one attached hydrogen (secondary N) is 2. The Hall–Kier alpha value is -4.52. The van der Waals surface area contributed by atoms with Crippen molar-refractivity contribution in [3.05, 3.63) is 145 Å². The molecule has 6 heteroatoms. The fourth-order valence-electron chi connectivity index (χ4n) is 6.66. The molecule has 0 bridgehead atoms. The highest BCUT2D eigenvalue weighted by Crippen LogP contribution is 2.37. The summed E-state index contributed by atoms with van der Waals surface area (Å²) in [7, 11) is -4.76. The molecule has 0 radical (unpaired) electrons. The van der Waals surface area contributed by atoms with Crippen LogP contribution < -0.4 is 10.3 Å². The van der Waals surface area contributed by atoms with E-state index in [0.717, 1.165) is 45.0 Å². The van der Waals surface area contributed by atoms with Gasteiger partial charge in [0.1, 0.15) is 10.1 Å². The van der Waals surface area contributed by atoms with Gasteiger partial charge < -0.3 is 9.87 Å². The number of rotatable bonds is 6. The minimum Gasteiger partial charge on any atom is -0.744 e. The van der Waals surface area contributed by atoms with Crippen LogP contribution in [0.25, 0.3) is 5.57 Å². The molecule has 0 aliphatic heterocycles. The van der Waals surface area contributed by atoms with Gasteiger partial charge in [-0.2, -0.15) is 0 Å². The van der Waals surface area contributed by atoms with Gasteiger partial charge in [0.05, 0.1) is 4.90 Å². The molecule has 0 heterocycles. The lowest BCUT2D eigenvalue weighted by molar-refractivity contribution is -0.353. The van der Waals surface area contributed by atoms with E-state index in [0.29, 0.717) is 16.7 Å². The molecule has 5 rings (SSSR count). The van der Waals surface area contributed by atoms with Crippen LogP contribution in [0.4, 0.5) is 17.1 Å². The van der Waals surface area contributed by atoms with E-state index in [1.807, 2.05) is 44.2 Å². The lowest BCUT2D eigenvalue weighted by Gasteiger charge is -2.22. The molecule has 5 nitrogen and oxygen atoms in total. The zero-order chi connectivity index (χ0) is 35.2. The third kappa shape index (κ3) is 6.73. The molecule has 1 aliphatic carbocycles. The van der Waals surface area contributed by atoms with Crippen molar-refractivity contribution in [3.63, 3.8) is 0 Å². The molecule has 0 spiro atoms. The molecule has 48 heavy (non-hydrogen) atoms. The number of anilines is 2. The third-order valence-corrected chi connectivity index (χ3v) is 10.8. The van der Waals surface area contributed by atoms with Gasteiger partial charge in [-0.15, -0.1) is 0 Å². The smallest absolute Gasteiger partial charge is 0.210 e.